The molecular formula is C17H19NO. The molecule has 0 spiro atoms. The minimum atomic E-state index is -0.0539. The van der Waals surface area contributed by atoms with Crippen LogP contribution in [0.3, 0.4) is 0 Å². The molecule has 19 heavy (non-hydrogen) atoms. The molecular weight excluding hydrogens is 234 g/mol. The first-order chi connectivity index (χ1) is 9.10. The highest BCUT2D eigenvalue weighted by Gasteiger charge is 2.08. The average Bonchev–Trinajstić information content (AvgIpc) is 2.39. The van der Waals surface area contributed by atoms with E-state index in [-0.39, 0.29) is 5.91 Å². The van der Waals surface area contributed by atoms with Crippen LogP contribution >= 0.6 is 0 Å². The van der Waals surface area contributed by atoms with Crippen molar-refractivity contribution in [3.8, 4) is 0 Å². The van der Waals surface area contributed by atoms with Gasteiger partial charge in [-0.2, -0.15) is 0 Å². The summed E-state index contributed by atoms with van der Waals surface area (Å²) in [6.45, 7) is 6.10. The molecule has 2 rings (SSSR count). The van der Waals surface area contributed by atoms with Crippen molar-refractivity contribution in [2.24, 2.45) is 0 Å². The lowest BCUT2D eigenvalue weighted by molar-refractivity contribution is 0.102. The third kappa shape index (κ3) is 3.22. The van der Waals surface area contributed by atoms with Gasteiger partial charge in [0.15, 0.2) is 0 Å². The quantitative estimate of drug-likeness (QED) is 0.876. The maximum atomic E-state index is 12.2. The molecule has 2 aromatic rings. The van der Waals surface area contributed by atoms with Crippen LogP contribution in [-0.2, 0) is 6.42 Å². The van der Waals surface area contributed by atoms with Crippen molar-refractivity contribution in [2.45, 2.75) is 27.2 Å². The van der Waals surface area contributed by atoms with Gasteiger partial charge in [0.25, 0.3) is 5.91 Å². The van der Waals surface area contributed by atoms with Gasteiger partial charge in [-0.05, 0) is 49.6 Å². The molecule has 98 valence electrons. The van der Waals surface area contributed by atoms with Crippen LogP contribution in [0.5, 0.6) is 0 Å². The summed E-state index contributed by atoms with van der Waals surface area (Å²) in [5, 5.41) is 2.93. The summed E-state index contributed by atoms with van der Waals surface area (Å²) in [4.78, 5) is 12.2. The SMILES string of the molecule is CCc1ccc(NC(=O)c2ccc(C)cc2C)cc1. The maximum Gasteiger partial charge on any atom is 0.255 e. The fourth-order valence-electron chi connectivity index (χ4n) is 2.09. The number of amides is 1. The molecule has 0 aromatic heterocycles. The van der Waals surface area contributed by atoms with E-state index in [1.54, 1.807) is 0 Å². The number of hydrogen-bond donors (Lipinski definition) is 1. The van der Waals surface area contributed by atoms with E-state index in [9.17, 15) is 4.79 Å². The fourth-order valence-corrected chi connectivity index (χ4v) is 2.09. The van der Waals surface area contributed by atoms with E-state index in [4.69, 9.17) is 0 Å². The van der Waals surface area contributed by atoms with Crippen LogP contribution in [-0.4, -0.2) is 5.91 Å². The minimum absolute atomic E-state index is 0.0539. The summed E-state index contributed by atoms with van der Waals surface area (Å²) in [6.07, 6.45) is 1.01. The van der Waals surface area contributed by atoms with Crippen LogP contribution in [0.15, 0.2) is 42.5 Å². The van der Waals surface area contributed by atoms with Gasteiger partial charge in [-0.25, -0.2) is 0 Å². The summed E-state index contributed by atoms with van der Waals surface area (Å²) >= 11 is 0. The highest BCUT2D eigenvalue weighted by atomic mass is 16.1. The zero-order valence-electron chi connectivity index (χ0n) is 11.7. The molecule has 2 nitrogen and oxygen atoms in total. The highest BCUT2D eigenvalue weighted by molar-refractivity contribution is 6.05. The summed E-state index contributed by atoms with van der Waals surface area (Å²) in [7, 11) is 0. The molecule has 0 aliphatic heterocycles. The van der Waals surface area contributed by atoms with E-state index >= 15 is 0 Å². The smallest absolute Gasteiger partial charge is 0.255 e. The number of aryl methyl sites for hydroxylation is 3. The van der Waals surface area contributed by atoms with Crippen LogP contribution in [0.25, 0.3) is 0 Å². The van der Waals surface area contributed by atoms with E-state index in [1.807, 2.05) is 56.3 Å². The van der Waals surface area contributed by atoms with E-state index in [1.165, 1.54) is 11.1 Å². The van der Waals surface area contributed by atoms with Gasteiger partial charge in [0.1, 0.15) is 0 Å². The van der Waals surface area contributed by atoms with Gasteiger partial charge in [0, 0.05) is 11.3 Å². The van der Waals surface area contributed by atoms with Crippen molar-refractivity contribution in [3.63, 3.8) is 0 Å². The molecule has 0 unspecified atom stereocenters. The molecule has 0 radical (unpaired) electrons. The van der Waals surface area contributed by atoms with Crippen LogP contribution in [0.2, 0.25) is 0 Å². The predicted octanol–water partition coefficient (Wildman–Crippen LogP) is 4.12. The van der Waals surface area contributed by atoms with Crippen molar-refractivity contribution >= 4 is 11.6 Å². The molecule has 0 bridgehead atoms. The second-order valence-corrected chi connectivity index (χ2v) is 4.82. The van der Waals surface area contributed by atoms with Crippen molar-refractivity contribution in [2.75, 3.05) is 5.32 Å². The predicted molar refractivity (Wildman–Crippen MR) is 79.7 cm³/mol. The van der Waals surface area contributed by atoms with Crippen molar-refractivity contribution in [1.29, 1.82) is 0 Å². The third-order valence-corrected chi connectivity index (χ3v) is 3.25. The molecule has 2 heteroatoms. The Labute approximate surface area is 114 Å². The van der Waals surface area contributed by atoms with Crippen molar-refractivity contribution in [1.82, 2.24) is 0 Å². The first-order valence-electron chi connectivity index (χ1n) is 6.57. The first-order valence-corrected chi connectivity index (χ1v) is 6.57. The molecule has 0 saturated carbocycles. The first kappa shape index (κ1) is 13.3. The van der Waals surface area contributed by atoms with Gasteiger partial charge in [-0.3, -0.25) is 4.79 Å². The summed E-state index contributed by atoms with van der Waals surface area (Å²) in [6, 6.07) is 13.8. The molecule has 0 atom stereocenters. The standard InChI is InChI=1S/C17H19NO/c1-4-14-6-8-15(9-7-14)18-17(19)16-10-5-12(2)11-13(16)3/h5-11H,4H2,1-3H3,(H,18,19). The summed E-state index contributed by atoms with van der Waals surface area (Å²) in [5.41, 5.74) is 5.00. The van der Waals surface area contributed by atoms with Gasteiger partial charge in [-0.1, -0.05) is 36.8 Å². The lowest BCUT2D eigenvalue weighted by Gasteiger charge is -2.09. The summed E-state index contributed by atoms with van der Waals surface area (Å²) < 4.78 is 0. The summed E-state index contributed by atoms with van der Waals surface area (Å²) in [5.74, 6) is -0.0539. The Hall–Kier alpha value is -2.09. The van der Waals surface area contributed by atoms with E-state index in [0.29, 0.717) is 0 Å². The number of anilines is 1. The van der Waals surface area contributed by atoms with Crippen molar-refractivity contribution < 1.29 is 4.79 Å². The fraction of sp³-hybridized carbons (Fsp3) is 0.235. The Kier molecular flexibility index (Phi) is 4.00. The Morgan fingerprint density at radius 3 is 2.32 bits per heavy atom. The minimum Gasteiger partial charge on any atom is -0.322 e. The van der Waals surface area contributed by atoms with E-state index in [2.05, 4.69) is 12.2 Å². The van der Waals surface area contributed by atoms with Gasteiger partial charge in [0.2, 0.25) is 0 Å². The number of carbonyl (C=O) groups excluding carboxylic acids is 1. The molecule has 0 aliphatic carbocycles. The molecule has 1 amide bonds. The number of hydrogen-bond acceptors (Lipinski definition) is 1. The van der Waals surface area contributed by atoms with Crippen LogP contribution in [0.4, 0.5) is 5.69 Å². The van der Waals surface area contributed by atoms with Crippen LogP contribution < -0.4 is 5.32 Å². The third-order valence-electron chi connectivity index (χ3n) is 3.25. The second kappa shape index (κ2) is 5.70. The number of carbonyl (C=O) groups is 1. The molecule has 0 heterocycles. The van der Waals surface area contributed by atoms with E-state index in [0.717, 1.165) is 23.2 Å². The topological polar surface area (TPSA) is 29.1 Å². The average molecular weight is 253 g/mol. The lowest BCUT2D eigenvalue weighted by Crippen LogP contribution is -2.13. The maximum absolute atomic E-state index is 12.2. The zero-order chi connectivity index (χ0) is 13.8. The van der Waals surface area contributed by atoms with Gasteiger partial charge in [0.05, 0.1) is 0 Å². The Balaban J connectivity index is 2.15. The Bertz CT molecular complexity index is 585. The van der Waals surface area contributed by atoms with E-state index < -0.39 is 0 Å². The van der Waals surface area contributed by atoms with Gasteiger partial charge >= 0.3 is 0 Å². The lowest BCUT2D eigenvalue weighted by atomic mass is 10.1. The second-order valence-electron chi connectivity index (χ2n) is 4.82. The molecule has 0 saturated heterocycles. The van der Waals surface area contributed by atoms with Crippen LogP contribution in [0.1, 0.15) is 34.0 Å². The molecule has 0 fully saturated rings. The number of benzene rings is 2. The molecule has 1 N–H and O–H groups in total. The normalized spacial score (nSPS) is 10.3. The van der Waals surface area contributed by atoms with Gasteiger partial charge < -0.3 is 5.32 Å². The molecule has 0 aliphatic rings. The monoisotopic (exact) mass is 253 g/mol. The van der Waals surface area contributed by atoms with Gasteiger partial charge in [-0.15, -0.1) is 0 Å². The highest BCUT2D eigenvalue weighted by Crippen LogP contribution is 2.15. The largest absolute Gasteiger partial charge is 0.322 e. The number of rotatable bonds is 3. The molecule has 2 aromatic carbocycles. The number of nitrogens with one attached hydrogen (secondary N) is 1. The Morgan fingerprint density at radius 1 is 1.05 bits per heavy atom. The Morgan fingerprint density at radius 2 is 1.74 bits per heavy atom. The van der Waals surface area contributed by atoms with Crippen LogP contribution in [0, 0.1) is 13.8 Å². The van der Waals surface area contributed by atoms with Crippen molar-refractivity contribution in [3.05, 3.63) is 64.7 Å². The zero-order valence-corrected chi connectivity index (χ0v) is 11.7.